The molecule has 0 bridgehead atoms. The van der Waals surface area contributed by atoms with Gasteiger partial charge in [-0.3, -0.25) is 5.10 Å². The first-order valence-corrected chi connectivity index (χ1v) is 5.96. The number of aromatic nitrogens is 9. The molecule has 0 aromatic carbocycles. The summed E-state index contributed by atoms with van der Waals surface area (Å²) in [4.78, 5) is 20.2. The van der Waals surface area contributed by atoms with E-state index in [2.05, 4.69) is 40.2 Å². The Labute approximate surface area is 110 Å². The van der Waals surface area contributed by atoms with E-state index in [4.69, 9.17) is 5.73 Å². The molecule has 0 fully saturated rings. The van der Waals surface area contributed by atoms with Crippen LogP contribution in [0.25, 0.3) is 5.95 Å². The third-order valence-electron chi connectivity index (χ3n) is 2.00. The number of anilines is 1. The van der Waals surface area contributed by atoms with E-state index in [-0.39, 0.29) is 5.95 Å². The van der Waals surface area contributed by atoms with Crippen LogP contribution in [0.15, 0.2) is 23.0 Å². The number of hydrogen-bond acceptors (Lipinski definition) is 9. The summed E-state index contributed by atoms with van der Waals surface area (Å²) in [5.74, 6) is 1.09. The van der Waals surface area contributed by atoms with Crippen LogP contribution in [0, 0.1) is 6.92 Å². The van der Waals surface area contributed by atoms with Crippen molar-refractivity contribution in [3.05, 3.63) is 18.5 Å². The molecule has 3 aromatic heterocycles. The van der Waals surface area contributed by atoms with Crippen molar-refractivity contribution in [3.8, 4) is 5.95 Å². The molecule has 3 heterocycles. The van der Waals surface area contributed by atoms with Crippen molar-refractivity contribution in [1.82, 2.24) is 44.9 Å². The van der Waals surface area contributed by atoms with Crippen molar-refractivity contribution in [1.29, 1.82) is 0 Å². The van der Waals surface area contributed by atoms with Crippen LogP contribution >= 0.6 is 11.8 Å². The minimum atomic E-state index is 0.0928. The lowest BCUT2D eigenvalue weighted by Crippen LogP contribution is -2.07. The summed E-state index contributed by atoms with van der Waals surface area (Å²) in [6.07, 6.45) is 2.85. The zero-order chi connectivity index (χ0) is 13.2. The molecule has 0 aliphatic heterocycles. The van der Waals surface area contributed by atoms with Crippen LogP contribution in [0.1, 0.15) is 5.82 Å². The molecular formula is C8H8N10S. The van der Waals surface area contributed by atoms with Crippen molar-refractivity contribution >= 4 is 17.7 Å². The van der Waals surface area contributed by atoms with Gasteiger partial charge in [0.25, 0.3) is 5.95 Å². The fourth-order valence-electron chi connectivity index (χ4n) is 1.27. The Morgan fingerprint density at radius 3 is 2.79 bits per heavy atom. The standard InChI is InChI=1S/C8H8N10S/c1-4-12-8(17-16-4)19-7-14-5(9)13-6(15-7)18-3-10-2-11-18/h2-3H,1H3,(H,12,16,17)(H2,9,13,14,15). The van der Waals surface area contributed by atoms with Gasteiger partial charge in [-0.2, -0.15) is 24.7 Å². The maximum Gasteiger partial charge on any atom is 0.257 e. The first kappa shape index (κ1) is 11.5. The highest BCUT2D eigenvalue weighted by molar-refractivity contribution is 7.99. The van der Waals surface area contributed by atoms with E-state index in [0.717, 1.165) is 0 Å². The first-order valence-electron chi connectivity index (χ1n) is 5.14. The number of nitrogens with two attached hydrogens (primary N) is 1. The Hall–Kier alpha value is -2.56. The Morgan fingerprint density at radius 1 is 1.21 bits per heavy atom. The van der Waals surface area contributed by atoms with Crippen LogP contribution in [0.4, 0.5) is 5.95 Å². The predicted molar refractivity (Wildman–Crippen MR) is 64.4 cm³/mol. The van der Waals surface area contributed by atoms with Gasteiger partial charge in [-0.15, -0.1) is 5.10 Å². The zero-order valence-electron chi connectivity index (χ0n) is 9.72. The van der Waals surface area contributed by atoms with Crippen LogP contribution in [0.5, 0.6) is 0 Å². The summed E-state index contributed by atoms with van der Waals surface area (Å²) in [5, 5.41) is 11.5. The van der Waals surface area contributed by atoms with Gasteiger partial charge in [0.05, 0.1) is 0 Å². The van der Waals surface area contributed by atoms with Crippen LogP contribution in [-0.4, -0.2) is 44.9 Å². The predicted octanol–water partition coefficient (Wildman–Crippen LogP) is -0.388. The molecule has 0 unspecified atom stereocenters. The summed E-state index contributed by atoms with van der Waals surface area (Å²) in [7, 11) is 0. The number of aryl methyl sites for hydroxylation is 1. The lowest BCUT2D eigenvalue weighted by molar-refractivity contribution is 0.762. The number of hydrogen-bond donors (Lipinski definition) is 2. The first-order chi connectivity index (χ1) is 9.20. The van der Waals surface area contributed by atoms with Crippen LogP contribution in [-0.2, 0) is 0 Å². The van der Waals surface area contributed by atoms with E-state index in [0.29, 0.717) is 22.1 Å². The molecule has 96 valence electrons. The van der Waals surface area contributed by atoms with E-state index in [1.807, 2.05) is 0 Å². The molecule has 0 radical (unpaired) electrons. The summed E-state index contributed by atoms with van der Waals surface area (Å²) < 4.78 is 1.39. The molecule has 0 saturated heterocycles. The van der Waals surface area contributed by atoms with Gasteiger partial charge in [0.15, 0.2) is 0 Å². The summed E-state index contributed by atoms with van der Waals surface area (Å²) in [5.41, 5.74) is 5.64. The van der Waals surface area contributed by atoms with Gasteiger partial charge >= 0.3 is 0 Å². The molecule has 3 N–H and O–H groups in total. The number of nitrogens with zero attached hydrogens (tertiary/aromatic N) is 8. The van der Waals surface area contributed by atoms with Gasteiger partial charge in [-0.25, -0.2) is 9.97 Å². The van der Waals surface area contributed by atoms with E-state index >= 15 is 0 Å². The van der Waals surface area contributed by atoms with E-state index in [1.165, 1.54) is 29.1 Å². The molecule has 11 heteroatoms. The maximum atomic E-state index is 5.64. The van der Waals surface area contributed by atoms with E-state index in [9.17, 15) is 0 Å². The molecule has 0 saturated carbocycles. The molecule has 0 amide bonds. The highest BCUT2D eigenvalue weighted by Gasteiger charge is 2.10. The highest BCUT2D eigenvalue weighted by Crippen LogP contribution is 2.21. The van der Waals surface area contributed by atoms with E-state index in [1.54, 1.807) is 6.92 Å². The van der Waals surface area contributed by atoms with Crippen LogP contribution < -0.4 is 5.73 Å². The second kappa shape index (κ2) is 4.61. The Kier molecular flexibility index (Phi) is 2.79. The summed E-state index contributed by atoms with van der Waals surface area (Å²) >= 11 is 1.18. The lowest BCUT2D eigenvalue weighted by atomic mass is 10.8. The minimum Gasteiger partial charge on any atom is -0.368 e. The van der Waals surface area contributed by atoms with Crippen LogP contribution in [0.3, 0.4) is 0 Å². The van der Waals surface area contributed by atoms with Crippen molar-refractivity contribution in [2.45, 2.75) is 17.2 Å². The average Bonchev–Trinajstić information content (AvgIpc) is 3.00. The Bertz CT molecular complexity index is 689. The zero-order valence-corrected chi connectivity index (χ0v) is 10.5. The number of H-pyrrole nitrogens is 1. The largest absolute Gasteiger partial charge is 0.368 e. The Balaban J connectivity index is 1.94. The average molecular weight is 276 g/mol. The van der Waals surface area contributed by atoms with Gasteiger partial charge in [-0.1, -0.05) is 0 Å². The topological polar surface area (TPSA) is 137 Å². The smallest absolute Gasteiger partial charge is 0.257 e. The molecule has 0 aliphatic rings. The van der Waals surface area contributed by atoms with Crippen molar-refractivity contribution in [2.24, 2.45) is 0 Å². The molecule has 10 nitrogen and oxygen atoms in total. The van der Waals surface area contributed by atoms with Gasteiger partial charge in [-0.05, 0) is 18.7 Å². The van der Waals surface area contributed by atoms with Crippen molar-refractivity contribution in [2.75, 3.05) is 5.73 Å². The molecule has 0 spiro atoms. The normalized spacial score (nSPS) is 10.8. The highest BCUT2D eigenvalue weighted by atomic mass is 32.2. The van der Waals surface area contributed by atoms with Crippen molar-refractivity contribution < 1.29 is 0 Å². The SMILES string of the molecule is Cc1nc(Sc2nc(N)nc(-n3cncn3)n2)n[nH]1. The summed E-state index contributed by atoms with van der Waals surface area (Å²) in [6, 6.07) is 0. The molecule has 0 aliphatic carbocycles. The van der Waals surface area contributed by atoms with Crippen LogP contribution in [0.2, 0.25) is 0 Å². The minimum absolute atomic E-state index is 0.0928. The Morgan fingerprint density at radius 2 is 2.11 bits per heavy atom. The number of nitrogens with one attached hydrogen (secondary N) is 1. The molecule has 3 aromatic rings. The van der Waals surface area contributed by atoms with Gasteiger partial charge < -0.3 is 5.73 Å². The fraction of sp³-hybridized carbons (Fsp3) is 0.125. The summed E-state index contributed by atoms with van der Waals surface area (Å²) in [6.45, 7) is 1.81. The molecule has 3 rings (SSSR count). The lowest BCUT2D eigenvalue weighted by Gasteiger charge is -2.01. The number of aromatic amines is 1. The molecular weight excluding hydrogens is 268 g/mol. The monoisotopic (exact) mass is 276 g/mol. The molecule has 0 atom stereocenters. The van der Waals surface area contributed by atoms with Crippen molar-refractivity contribution in [3.63, 3.8) is 0 Å². The van der Waals surface area contributed by atoms with Gasteiger partial charge in [0, 0.05) is 0 Å². The number of nitrogen functional groups attached to an aromatic ring is 1. The quantitative estimate of drug-likeness (QED) is 0.655. The third-order valence-corrected chi connectivity index (χ3v) is 2.73. The second-order valence-electron chi connectivity index (χ2n) is 3.42. The van der Waals surface area contributed by atoms with Gasteiger partial charge in [0.1, 0.15) is 18.5 Å². The number of rotatable bonds is 3. The third kappa shape index (κ3) is 2.49. The maximum absolute atomic E-state index is 5.64. The second-order valence-corrected chi connectivity index (χ2v) is 4.36. The molecule has 19 heavy (non-hydrogen) atoms. The van der Waals surface area contributed by atoms with E-state index < -0.39 is 0 Å². The van der Waals surface area contributed by atoms with Gasteiger partial charge in [0.2, 0.25) is 16.3 Å². The fourth-order valence-corrected chi connectivity index (χ4v) is 1.97.